The van der Waals surface area contributed by atoms with Gasteiger partial charge in [0.2, 0.25) is 0 Å². The Bertz CT molecular complexity index is 777. The fourth-order valence-corrected chi connectivity index (χ4v) is 3.88. The summed E-state index contributed by atoms with van der Waals surface area (Å²) in [7, 11) is 0. The molecule has 1 aliphatic heterocycles. The van der Waals surface area contributed by atoms with Gasteiger partial charge in [-0.05, 0) is 56.6 Å². The second kappa shape index (κ2) is 12.3. The second-order valence-electron chi connectivity index (χ2n) is 7.58. The minimum absolute atomic E-state index is 0.520. The van der Waals surface area contributed by atoms with E-state index in [2.05, 4.69) is 63.4 Å². The van der Waals surface area contributed by atoms with Gasteiger partial charge in [0.15, 0.2) is 11.5 Å². The van der Waals surface area contributed by atoms with Crippen molar-refractivity contribution in [2.45, 2.75) is 33.4 Å². The molecule has 0 unspecified atom stereocenters. The molecule has 0 amide bonds. The number of morpholine rings is 1. The maximum Gasteiger partial charge on any atom is 0.162 e. The van der Waals surface area contributed by atoms with Crippen LogP contribution in [-0.2, 0) is 17.9 Å². The number of ether oxygens (including phenoxy) is 3. The third-order valence-electron chi connectivity index (χ3n) is 5.17. The molecule has 1 N–H and O–H groups in total. The number of benzene rings is 2. The molecule has 0 spiro atoms. The largest absolute Gasteiger partial charge is 0.490 e. The molecule has 1 aliphatic rings. The van der Waals surface area contributed by atoms with Crippen molar-refractivity contribution in [1.82, 2.24) is 10.2 Å². The Morgan fingerprint density at radius 3 is 2.53 bits per heavy atom. The molecule has 0 aliphatic carbocycles. The maximum absolute atomic E-state index is 6.07. The molecular formula is C24H33BrN2O3. The minimum atomic E-state index is 0.520. The number of halogens is 1. The summed E-state index contributed by atoms with van der Waals surface area (Å²) in [4.78, 5) is 2.47. The van der Waals surface area contributed by atoms with Gasteiger partial charge in [0.25, 0.3) is 0 Å². The standard InChI is InChI=1S/C24H33BrN2O3/c1-3-29-23-15-21(17-26-9-4-10-27-11-13-28-14-12-27)22(25)16-24(23)30-18-20-7-5-19(2)6-8-20/h5-8,15-16,26H,3-4,9-14,17-18H2,1-2H3. The topological polar surface area (TPSA) is 43.0 Å². The third-order valence-corrected chi connectivity index (χ3v) is 5.91. The molecule has 1 saturated heterocycles. The molecule has 0 bridgehead atoms. The van der Waals surface area contributed by atoms with E-state index in [1.54, 1.807) is 0 Å². The highest BCUT2D eigenvalue weighted by Gasteiger charge is 2.12. The van der Waals surface area contributed by atoms with Crippen molar-refractivity contribution in [2.24, 2.45) is 0 Å². The van der Waals surface area contributed by atoms with Crippen molar-refractivity contribution in [3.63, 3.8) is 0 Å². The molecule has 0 aromatic heterocycles. The fraction of sp³-hybridized carbons (Fsp3) is 0.500. The predicted octanol–water partition coefficient (Wildman–Crippen LogP) is 4.55. The average Bonchev–Trinajstić information content (AvgIpc) is 2.76. The number of nitrogens with zero attached hydrogens (tertiary/aromatic N) is 1. The quantitative estimate of drug-likeness (QED) is 0.482. The first-order valence-electron chi connectivity index (χ1n) is 10.8. The number of nitrogens with one attached hydrogen (secondary N) is 1. The molecular weight excluding hydrogens is 444 g/mol. The molecule has 3 rings (SSSR count). The lowest BCUT2D eigenvalue weighted by Crippen LogP contribution is -2.37. The van der Waals surface area contributed by atoms with Gasteiger partial charge in [0, 0.05) is 24.1 Å². The Morgan fingerprint density at radius 1 is 1.07 bits per heavy atom. The van der Waals surface area contributed by atoms with Crippen LogP contribution in [0, 0.1) is 6.92 Å². The molecule has 1 heterocycles. The monoisotopic (exact) mass is 476 g/mol. The van der Waals surface area contributed by atoms with Gasteiger partial charge in [-0.15, -0.1) is 0 Å². The first-order valence-corrected chi connectivity index (χ1v) is 11.6. The maximum atomic E-state index is 6.07. The summed E-state index contributed by atoms with van der Waals surface area (Å²) >= 11 is 3.70. The normalized spacial score (nSPS) is 14.6. The van der Waals surface area contributed by atoms with Gasteiger partial charge in [-0.25, -0.2) is 0 Å². The van der Waals surface area contributed by atoms with E-state index in [1.807, 2.05) is 13.0 Å². The third kappa shape index (κ3) is 7.27. The Balaban J connectivity index is 1.52. The summed E-state index contributed by atoms with van der Waals surface area (Å²) in [6, 6.07) is 12.5. The predicted molar refractivity (Wildman–Crippen MR) is 124 cm³/mol. The molecule has 0 radical (unpaired) electrons. The molecule has 5 nitrogen and oxygen atoms in total. The summed E-state index contributed by atoms with van der Waals surface area (Å²) < 4.78 is 18.4. The van der Waals surface area contributed by atoms with Crippen LogP contribution in [0.2, 0.25) is 0 Å². The van der Waals surface area contributed by atoms with Crippen LogP contribution in [0.15, 0.2) is 40.9 Å². The van der Waals surface area contributed by atoms with Crippen LogP contribution in [0.5, 0.6) is 11.5 Å². The van der Waals surface area contributed by atoms with E-state index in [4.69, 9.17) is 14.2 Å². The summed E-state index contributed by atoms with van der Waals surface area (Å²) in [6.07, 6.45) is 1.13. The van der Waals surface area contributed by atoms with Crippen molar-refractivity contribution in [3.8, 4) is 11.5 Å². The SMILES string of the molecule is CCOc1cc(CNCCCN2CCOCC2)c(Br)cc1OCc1ccc(C)cc1. The Morgan fingerprint density at radius 2 is 1.80 bits per heavy atom. The van der Waals surface area contributed by atoms with Crippen LogP contribution < -0.4 is 14.8 Å². The highest BCUT2D eigenvalue weighted by Crippen LogP contribution is 2.34. The van der Waals surface area contributed by atoms with Crippen LogP contribution in [0.3, 0.4) is 0 Å². The first kappa shape index (κ1) is 23.1. The lowest BCUT2D eigenvalue weighted by atomic mass is 10.1. The first-order chi connectivity index (χ1) is 14.7. The van der Waals surface area contributed by atoms with Gasteiger partial charge in [-0.1, -0.05) is 45.8 Å². The Hall–Kier alpha value is -1.60. The van der Waals surface area contributed by atoms with E-state index in [0.717, 1.165) is 73.9 Å². The van der Waals surface area contributed by atoms with Crippen LogP contribution in [-0.4, -0.2) is 50.9 Å². The van der Waals surface area contributed by atoms with Gasteiger partial charge < -0.3 is 19.5 Å². The fourth-order valence-electron chi connectivity index (χ4n) is 3.41. The molecule has 30 heavy (non-hydrogen) atoms. The van der Waals surface area contributed by atoms with E-state index < -0.39 is 0 Å². The summed E-state index contributed by atoms with van der Waals surface area (Å²) in [5.74, 6) is 1.55. The van der Waals surface area contributed by atoms with E-state index in [1.165, 1.54) is 11.1 Å². The number of hydrogen-bond donors (Lipinski definition) is 1. The van der Waals surface area contributed by atoms with Gasteiger partial charge in [-0.3, -0.25) is 4.90 Å². The molecule has 164 valence electrons. The van der Waals surface area contributed by atoms with Crippen molar-refractivity contribution in [1.29, 1.82) is 0 Å². The molecule has 0 saturated carbocycles. The van der Waals surface area contributed by atoms with Crippen molar-refractivity contribution in [3.05, 3.63) is 57.6 Å². The highest BCUT2D eigenvalue weighted by atomic mass is 79.9. The van der Waals surface area contributed by atoms with Crippen LogP contribution in [0.1, 0.15) is 30.0 Å². The van der Waals surface area contributed by atoms with E-state index in [-0.39, 0.29) is 0 Å². The van der Waals surface area contributed by atoms with Crippen LogP contribution in [0.4, 0.5) is 0 Å². The zero-order chi connectivity index (χ0) is 21.2. The lowest BCUT2D eigenvalue weighted by Gasteiger charge is -2.26. The average molecular weight is 477 g/mol. The van der Waals surface area contributed by atoms with Gasteiger partial charge in [0.1, 0.15) is 6.61 Å². The molecule has 2 aromatic carbocycles. The zero-order valence-electron chi connectivity index (χ0n) is 18.1. The van der Waals surface area contributed by atoms with Gasteiger partial charge in [-0.2, -0.15) is 0 Å². The van der Waals surface area contributed by atoms with Crippen molar-refractivity contribution >= 4 is 15.9 Å². The molecule has 1 fully saturated rings. The van der Waals surface area contributed by atoms with Crippen LogP contribution >= 0.6 is 15.9 Å². The molecule has 2 aromatic rings. The van der Waals surface area contributed by atoms with Crippen molar-refractivity contribution in [2.75, 3.05) is 46.0 Å². The Labute approximate surface area is 188 Å². The smallest absolute Gasteiger partial charge is 0.162 e. The van der Waals surface area contributed by atoms with Crippen LogP contribution in [0.25, 0.3) is 0 Å². The number of rotatable bonds is 11. The minimum Gasteiger partial charge on any atom is -0.490 e. The zero-order valence-corrected chi connectivity index (χ0v) is 19.7. The van der Waals surface area contributed by atoms with E-state index >= 15 is 0 Å². The molecule has 6 heteroatoms. The van der Waals surface area contributed by atoms with Gasteiger partial charge >= 0.3 is 0 Å². The van der Waals surface area contributed by atoms with E-state index in [0.29, 0.717) is 13.2 Å². The Kier molecular flexibility index (Phi) is 9.46. The second-order valence-corrected chi connectivity index (χ2v) is 8.44. The highest BCUT2D eigenvalue weighted by molar-refractivity contribution is 9.10. The summed E-state index contributed by atoms with van der Waals surface area (Å²) in [6.45, 7) is 11.9. The van der Waals surface area contributed by atoms with Gasteiger partial charge in [0.05, 0.1) is 19.8 Å². The number of aryl methyl sites for hydroxylation is 1. The number of hydrogen-bond acceptors (Lipinski definition) is 5. The summed E-state index contributed by atoms with van der Waals surface area (Å²) in [5, 5.41) is 3.55. The summed E-state index contributed by atoms with van der Waals surface area (Å²) in [5.41, 5.74) is 3.57. The lowest BCUT2D eigenvalue weighted by molar-refractivity contribution is 0.0374. The van der Waals surface area contributed by atoms with Crippen molar-refractivity contribution < 1.29 is 14.2 Å². The molecule has 0 atom stereocenters. The van der Waals surface area contributed by atoms with E-state index in [9.17, 15) is 0 Å².